The van der Waals surface area contributed by atoms with E-state index in [-0.39, 0.29) is 24.3 Å². The highest BCUT2D eigenvalue weighted by atomic mass is 16.6. The van der Waals surface area contributed by atoms with Crippen LogP contribution in [-0.2, 0) is 6.54 Å². The van der Waals surface area contributed by atoms with Crippen molar-refractivity contribution in [2.75, 3.05) is 6.54 Å². The molecule has 2 aromatic rings. The summed E-state index contributed by atoms with van der Waals surface area (Å²) >= 11 is 0. The molecule has 1 aliphatic rings. The van der Waals surface area contributed by atoms with E-state index in [4.69, 9.17) is 0 Å². The Morgan fingerprint density at radius 3 is 3.08 bits per heavy atom. The van der Waals surface area contributed by atoms with Crippen LogP contribution in [0.4, 0.5) is 10.5 Å². The lowest BCUT2D eigenvalue weighted by Crippen LogP contribution is -2.44. The first-order valence-corrected chi connectivity index (χ1v) is 7.91. The fourth-order valence-electron chi connectivity index (χ4n) is 3.02. The number of nitro groups is 1. The lowest BCUT2D eigenvalue weighted by molar-refractivity contribution is -0.384. The van der Waals surface area contributed by atoms with Gasteiger partial charge in [0.2, 0.25) is 0 Å². The van der Waals surface area contributed by atoms with Crippen LogP contribution >= 0.6 is 0 Å². The Kier molecular flexibility index (Phi) is 4.74. The molecular weight excluding hydrogens is 310 g/mol. The number of amides is 2. The third kappa shape index (κ3) is 3.53. The van der Waals surface area contributed by atoms with Gasteiger partial charge in [-0.2, -0.15) is 5.10 Å². The number of carbonyl (C=O) groups excluding carboxylic acids is 1. The van der Waals surface area contributed by atoms with Crippen LogP contribution in [-0.4, -0.2) is 32.6 Å². The summed E-state index contributed by atoms with van der Waals surface area (Å²) in [6.45, 7) is 0.950. The van der Waals surface area contributed by atoms with Gasteiger partial charge in [0.15, 0.2) is 0 Å². The van der Waals surface area contributed by atoms with Gasteiger partial charge in [-0.15, -0.1) is 0 Å². The second kappa shape index (κ2) is 7.12. The first kappa shape index (κ1) is 16.0. The summed E-state index contributed by atoms with van der Waals surface area (Å²) in [4.78, 5) is 24.7. The molecule has 24 heavy (non-hydrogen) atoms. The Morgan fingerprint density at radius 1 is 1.46 bits per heavy atom. The molecule has 2 N–H and O–H groups in total. The average Bonchev–Trinajstić information content (AvgIpc) is 3.14. The van der Waals surface area contributed by atoms with E-state index >= 15 is 0 Å². The Labute approximate surface area is 139 Å². The highest BCUT2D eigenvalue weighted by molar-refractivity contribution is 5.75. The SMILES string of the molecule is O=C(NCc1cccc([N+](=O)[O-])c1)N1CCCCC1c1cn[nH]c1. The largest absolute Gasteiger partial charge is 0.334 e. The van der Waals surface area contributed by atoms with Crippen molar-refractivity contribution in [1.82, 2.24) is 20.4 Å². The van der Waals surface area contributed by atoms with Crippen molar-refractivity contribution in [3.8, 4) is 0 Å². The normalized spacial score (nSPS) is 17.5. The molecule has 1 aromatic heterocycles. The molecule has 1 aliphatic heterocycles. The second-order valence-corrected chi connectivity index (χ2v) is 5.82. The van der Waals surface area contributed by atoms with Crippen molar-refractivity contribution in [2.45, 2.75) is 31.8 Å². The van der Waals surface area contributed by atoms with Gasteiger partial charge >= 0.3 is 6.03 Å². The van der Waals surface area contributed by atoms with Gasteiger partial charge in [0.05, 0.1) is 17.2 Å². The molecule has 0 saturated carbocycles. The Morgan fingerprint density at radius 2 is 2.33 bits per heavy atom. The molecule has 1 atom stereocenters. The van der Waals surface area contributed by atoms with Gasteiger partial charge in [-0.1, -0.05) is 12.1 Å². The first-order valence-electron chi connectivity index (χ1n) is 7.91. The minimum absolute atomic E-state index is 0.0163. The highest BCUT2D eigenvalue weighted by Gasteiger charge is 2.28. The van der Waals surface area contributed by atoms with Crippen LogP contribution in [0.3, 0.4) is 0 Å². The number of nitro benzene ring substituents is 1. The number of aromatic nitrogens is 2. The molecule has 0 radical (unpaired) electrons. The van der Waals surface area contributed by atoms with Crippen LogP contribution in [0, 0.1) is 10.1 Å². The Balaban J connectivity index is 1.65. The smallest absolute Gasteiger partial charge is 0.318 e. The number of nitrogens with zero attached hydrogens (tertiary/aromatic N) is 3. The number of non-ortho nitro benzene ring substituents is 1. The second-order valence-electron chi connectivity index (χ2n) is 5.82. The Hall–Kier alpha value is -2.90. The maximum Gasteiger partial charge on any atom is 0.318 e. The predicted octanol–water partition coefficient (Wildman–Crippen LogP) is 2.75. The number of rotatable bonds is 4. The minimum atomic E-state index is -0.440. The van der Waals surface area contributed by atoms with Crippen molar-refractivity contribution in [2.24, 2.45) is 0 Å². The lowest BCUT2D eigenvalue weighted by Gasteiger charge is -2.35. The van der Waals surface area contributed by atoms with E-state index in [9.17, 15) is 14.9 Å². The topological polar surface area (TPSA) is 104 Å². The quantitative estimate of drug-likeness (QED) is 0.664. The molecule has 8 heteroatoms. The van der Waals surface area contributed by atoms with Gasteiger partial charge in [-0.3, -0.25) is 15.2 Å². The number of urea groups is 1. The first-order chi connectivity index (χ1) is 11.6. The van der Waals surface area contributed by atoms with E-state index in [1.807, 2.05) is 11.1 Å². The molecule has 8 nitrogen and oxygen atoms in total. The van der Waals surface area contributed by atoms with Crippen molar-refractivity contribution in [3.63, 3.8) is 0 Å². The van der Waals surface area contributed by atoms with Gasteiger partial charge in [-0.25, -0.2) is 4.79 Å². The molecule has 1 fully saturated rings. The molecular formula is C16H19N5O3. The van der Waals surface area contributed by atoms with E-state index in [0.29, 0.717) is 12.1 Å². The maximum absolute atomic E-state index is 12.5. The monoisotopic (exact) mass is 329 g/mol. The molecule has 2 amide bonds. The Bertz CT molecular complexity index is 716. The summed E-state index contributed by atoms with van der Waals surface area (Å²) in [5.74, 6) is 0. The van der Waals surface area contributed by atoms with Crippen LogP contribution in [0.1, 0.15) is 36.4 Å². The third-order valence-electron chi connectivity index (χ3n) is 4.23. The zero-order chi connectivity index (χ0) is 16.9. The van der Waals surface area contributed by atoms with Gasteiger partial charge in [0, 0.05) is 37.0 Å². The van der Waals surface area contributed by atoms with Gasteiger partial charge in [0.1, 0.15) is 0 Å². The summed E-state index contributed by atoms with van der Waals surface area (Å²) in [7, 11) is 0. The lowest BCUT2D eigenvalue weighted by atomic mass is 9.98. The minimum Gasteiger partial charge on any atom is -0.334 e. The molecule has 3 rings (SSSR count). The van der Waals surface area contributed by atoms with Crippen molar-refractivity contribution < 1.29 is 9.72 Å². The molecule has 1 saturated heterocycles. The fourth-order valence-corrected chi connectivity index (χ4v) is 3.02. The number of benzene rings is 1. The molecule has 2 heterocycles. The number of carbonyl (C=O) groups is 1. The molecule has 0 bridgehead atoms. The van der Waals surface area contributed by atoms with Crippen LogP contribution in [0.25, 0.3) is 0 Å². The molecule has 1 aromatic carbocycles. The standard InChI is InChI=1S/C16H19N5O3/c22-16(17-9-12-4-3-5-14(8-12)21(23)24)20-7-2-1-6-15(20)13-10-18-19-11-13/h3-5,8,10-11,15H,1-2,6-7,9H2,(H,17,22)(H,18,19). The number of hydrogen-bond acceptors (Lipinski definition) is 4. The predicted molar refractivity (Wildman–Crippen MR) is 87.2 cm³/mol. The third-order valence-corrected chi connectivity index (χ3v) is 4.23. The van der Waals surface area contributed by atoms with Gasteiger partial charge in [0.25, 0.3) is 5.69 Å². The van der Waals surface area contributed by atoms with Crippen LogP contribution in [0.2, 0.25) is 0 Å². The zero-order valence-electron chi connectivity index (χ0n) is 13.1. The number of likely N-dealkylation sites (tertiary alicyclic amines) is 1. The van der Waals surface area contributed by atoms with E-state index in [0.717, 1.165) is 24.8 Å². The summed E-state index contributed by atoms with van der Waals surface area (Å²) in [5.41, 5.74) is 1.73. The van der Waals surface area contributed by atoms with E-state index in [1.54, 1.807) is 18.3 Å². The van der Waals surface area contributed by atoms with E-state index in [1.165, 1.54) is 12.1 Å². The van der Waals surface area contributed by atoms with Crippen molar-refractivity contribution in [1.29, 1.82) is 0 Å². The summed E-state index contributed by atoms with van der Waals surface area (Å²) < 4.78 is 0. The summed E-state index contributed by atoms with van der Waals surface area (Å²) in [6.07, 6.45) is 6.51. The van der Waals surface area contributed by atoms with Gasteiger partial charge < -0.3 is 10.2 Å². The number of piperidine rings is 1. The fraction of sp³-hybridized carbons (Fsp3) is 0.375. The zero-order valence-corrected chi connectivity index (χ0v) is 13.1. The molecule has 0 aliphatic carbocycles. The number of nitrogens with one attached hydrogen (secondary N) is 2. The van der Waals surface area contributed by atoms with Gasteiger partial charge in [-0.05, 0) is 24.8 Å². The summed E-state index contributed by atoms with van der Waals surface area (Å²) in [6, 6.07) is 6.15. The molecule has 126 valence electrons. The average molecular weight is 329 g/mol. The highest BCUT2D eigenvalue weighted by Crippen LogP contribution is 2.30. The van der Waals surface area contributed by atoms with E-state index < -0.39 is 4.92 Å². The number of H-pyrrole nitrogens is 1. The van der Waals surface area contributed by atoms with Crippen LogP contribution in [0.5, 0.6) is 0 Å². The van der Waals surface area contributed by atoms with Crippen molar-refractivity contribution >= 4 is 11.7 Å². The number of hydrogen-bond donors (Lipinski definition) is 2. The van der Waals surface area contributed by atoms with Crippen molar-refractivity contribution in [3.05, 3.63) is 57.9 Å². The van der Waals surface area contributed by atoms with Crippen LogP contribution in [0.15, 0.2) is 36.7 Å². The number of aromatic amines is 1. The van der Waals surface area contributed by atoms with E-state index in [2.05, 4.69) is 15.5 Å². The van der Waals surface area contributed by atoms with Crippen LogP contribution < -0.4 is 5.32 Å². The summed E-state index contributed by atoms with van der Waals surface area (Å²) in [5, 5.41) is 20.4. The maximum atomic E-state index is 12.5. The molecule has 1 unspecified atom stereocenters. The molecule has 0 spiro atoms.